The molecule has 0 aromatic heterocycles. The molecular formula is C12H12F2O4. The number of halogens is 2. The van der Waals surface area contributed by atoms with Crippen molar-refractivity contribution < 1.29 is 28.2 Å². The average molecular weight is 258 g/mol. The van der Waals surface area contributed by atoms with Gasteiger partial charge in [-0.05, 0) is 30.7 Å². The van der Waals surface area contributed by atoms with Gasteiger partial charge in [0.1, 0.15) is 0 Å². The van der Waals surface area contributed by atoms with Crippen LogP contribution in [0.2, 0.25) is 0 Å². The van der Waals surface area contributed by atoms with Gasteiger partial charge in [-0.1, -0.05) is 6.07 Å². The van der Waals surface area contributed by atoms with Gasteiger partial charge in [-0.15, -0.1) is 0 Å². The summed E-state index contributed by atoms with van der Waals surface area (Å²) in [7, 11) is 0. The monoisotopic (exact) mass is 258 g/mol. The summed E-state index contributed by atoms with van der Waals surface area (Å²) in [6.45, 7) is -0.956. The van der Waals surface area contributed by atoms with E-state index >= 15 is 0 Å². The molecule has 0 heterocycles. The zero-order valence-corrected chi connectivity index (χ0v) is 9.60. The van der Waals surface area contributed by atoms with E-state index in [9.17, 15) is 13.6 Å². The van der Waals surface area contributed by atoms with Crippen molar-refractivity contribution in [2.45, 2.75) is 13.5 Å². The Balaban J connectivity index is 2.98. The molecule has 1 N–H and O–H groups in total. The molecule has 0 spiro atoms. The molecule has 0 atom stereocenters. The van der Waals surface area contributed by atoms with Gasteiger partial charge in [0.2, 0.25) is 0 Å². The molecule has 0 saturated heterocycles. The molecule has 0 fully saturated rings. The fraction of sp³-hybridized carbons (Fsp3) is 0.250. The number of aliphatic carboxylic acids is 1. The van der Waals surface area contributed by atoms with Gasteiger partial charge in [0.15, 0.2) is 11.5 Å². The minimum atomic E-state index is -2.94. The van der Waals surface area contributed by atoms with Crippen LogP contribution in [0.4, 0.5) is 8.78 Å². The maximum atomic E-state index is 12.1. The third-order valence-electron chi connectivity index (χ3n) is 1.90. The molecule has 0 saturated carbocycles. The second-order valence-corrected chi connectivity index (χ2v) is 3.19. The van der Waals surface area contributed by atoms with Gasteiger partial charge in [-0.25, -0.2) is 4.79 Å². The van der Waals surface area contributed by atoms with Crippen molar-refractivity contribution in [1.29, 1.82) is 0 Å². The molecule has 0 bridgehead atoms. The SMILES string of the molecule is CCOc1cc(C=CC(=O)O)ccc1OC(F)F. The third-order valence-corrected chi connectivity index (χ3v) is 1.90. The van der Waals surface area contributed by atoms with Crippen molar-refractivity contribution in [3.63, 3.8) is 0 Å². The van der Waals surface area contributed by atoms with Crippen LogP contribution in [-0.2, 0) is 4.79 Å². The Morgan fingerprint density at radius 3 is 2.72 bits per heavy atom. The standard InChI is InChI=1S/C12H12F2O4/c1-2-17-10-7-8(4-6-11(15)16)3-5-9(10)18-12(13)14/h3-7,12H,2H2,1H3,(H,15,16). The van der Waals surface area contributed by atoms with Crippen molar-refractivity contribution in [2.24, 2.45) is 0 Å². The van der Waals surface area contributed by atoms with E-state index in [1.807, 2.05) is 0 Å². The Bertz CT molecular complexity index is 444. The Labute approximate surface area is 102 Å². The van der Waals surface area contributed by atoms with Crippen molar-refractivity contribution >= 4 is 12.0 Å². The lowest BCUT2D eigenvalue weighted by atomic mass is 10.2. The van der Waals surface area contributed by atoms with Crippen molar-refractivity contribution in [3.8, 4) is 11.5 Å². The maximum absolute atomic E-state index is 12.1. The molecule has 0 unspecified atom stereocenters. The van der Waals surface area contributed by atoms with Gasteiger partial charge in [0.05, 0.1) is 6.61 Å². The molecule has 0 aliphatic carbocycles. The van der Waals surface area contributed by atoms with Gasteiger partial charge < -0.3 is 14.6 Å². The summed E-state index contributed by atoms with van der Waals surface area (Å²) in [5.41, 5.74) is 0.516. The number of hydrogen-bond donors (Lipinski definition) is 1. The van der Waals surface area contributed by atoms with Crippen LogP contribution >= 0.6 is 0 Å². The van der Waals surface area contributed by atoms with Gasteiger partial charge >= 0.3 is 12.6 Å². The molecule has 1 aromatic rings. The molecule has 4 nitrogen and oxygen atoms in total. The second kappa shape index (κ2) is 6.58. The maximum Gasteiger partial charge on any atom is 0.387 e. The van der Waals surface area contributed by atoms with Gasteiger partial charge in [0, 0.05) is 6.08 Å². The van der Waals surface area contributed by atoms with Crippen LogP contribution in [0.1, 0.15) is 12.5 Å². The zero-order chi connectivity index (χ0) is 13.5. The first-order chi connectivity index (χ1) is 8.52. The van der Waals surface area contributed by atoms with Crippen LogP contribution in [0.5, 0.6) is 11.5 Å². The number of alkyl halides is 2. The molecule has 0 aliphatic rings. The van der Waals surface area contributed by atoms with E-state index in [0.29, 0.717) is 5.56 Å². The number of carbonyl (C=O) groups is 1. The number of ether oxygens (including phenoxy) is 2. The van der Waals surface area contributed by atoms with E-state index in [1.165, 1.54) is 24.3 Å². The molecular weight excluding hydrogens is 246 g/mol. The topological polar surface area (TPSA) is 55.8 Å². The molecule has 18 heavy (non-hydrogen) atoms. The van der Waals surface area contributed by atoms with Crippen LogP contribution in [0.25, 0.3) is 6.08 Å². The minimum absolute atomic E-state index is 0.0840. The van der Waals surface area contributed by atoms with Gasteiger partial charge in [0.25, 0.3) is 0 Å². The highest BCUT2D eigenvalue weighted by atomic mass is 19.3. The predicted octanol–water partition coefficient (Wildman–Crippen LogP) is 2.78. The smallest absolute Gasteiger partial charge is 0.387 e. The van der Waals surface area contributed by atoms with Crippen LogP contribution < -0.4 is 9.47 Å². The number of carboxylic acid groups (broad SMARTS) is 1. The fourth-order valence-electron chi connectivity index (χ4n) is 1.26. The first-order valence-electron chi connectivity index (χ1n) is 5.15. The van der Waals surface area contributed by atoms with Crippen LogP contribution in [-0.4, -0.2) is 24.3 Å². The summed E-state index contributed by atoms with van der Waals surface area (Å²) in [6.07, 6.45) is 2.27. The summed E-state index contributed by atoms with van der Waals surface area (Å²) in [4.78, 5) is 10.4. The largest absolute Gasteiger partial charge is 0.490 e. The summed E-state index contributed by atoms with van der Waals surface area (Å²) in [6, 6.07) is 4.19. The van der Waals surface area contributed by atoms with E-state index in [2.05, 4.69) is 4.74 Å². The van der Waals surface area contributed by atoms with Crippen LogP contribution in [0, 0.1) is 0 Å². The summed E-state index contributed by atoms with van der Waals surface area (Å²) in [5.74, 6) is -1.04. The highest BCUT2D eigenvalue weighted by Gasteiger charge is 2.10. The summed E-state index contributed by atoms with van der Waals surface area (Å²) >= 11 is 0. The Kier molecular flexibility index (Phi) is 5.10. The summed E-state index contributed by atoms with van der Waals surface area (Å²) < 4.78 is 33.7. The summed E-state index contributed by atoms with van der Waals surface area (Å²) in [5, 5.41) is 8.48. The number of hydrogen-bond acceptors (Lipinski definition) is 3. The molecule has 1 aromatic carbocycles. The average Bonchev–Trinajstić information content (AvgIpc) is 2.29. The molecule has 0 radical (unpaired) electrons. The second-order valence-electron chi connectivity index (χ2n) is 3.19. The molecule has 6 heteroatoms. The normalized spacial score (nSPS) is 10.9. The van der Waals surface area contributed by atoms with E-state index in [0.717, 1.165) is 6.08 Å². The lowest BCUT2D eigenvalue weighted by Gasteiger charge is -2.11. The first-order valence-corrected chi connectivity index (χ1v) is 5.15. The van der Waals surface area contributed by atoms with Crippen LogP contribution in [0.3, 0.4) is 0 Å². The molecule has 0 aliphatic heterocycles. The Morgan fingerprint density at radius 2 is 2.17 bits per heavy atom. The van der Waals surface area contributed by atoms with Crippen LogP contribution in [0.15, 0.2) is 24.3 Å². The van der Waals surface area contributed by atoms with Crippen molar-refractivity contribution in [2.75, 3.05) is 6.61 Å². The minimum Gasteiger partial charge on any atom is -0.490 e. The lowest BCUT2D eigenvalue weighted by Crippen LogP contribution is -2.04. The quantitative estimate of drug-likeness (QED) is 0.797. The molecule has 0 amide bonds. The van der Waals surface area contributed by atoms with E-state index < -0.39 is 12.6 Å². The highest BCUT2D eigenvalue weighted by Crippen LogP contribution is 2.30. The predicted molar refractivity (Wildman–Crippen MR) is 60.9 cm³/mol. The Hall–Kier alpha value is -2.11. The van der Waals surface area contributed by atoms with E-state index in [1.54, 1.807) is 6.92 Å². The van der Waals surface area contributed by atoms with Crippen molar-refractivity contribution in [3.05, 3.63) is 29.8 Å². The number of benzene rings is 1. The zero-order valence-electron chi connectivity index (χ0n) is 9.60. The highest BCUT2D eigenvalue weighted by molar-refractivity contribution is 5.85. The number of rotatable bonds is 6. The fourth-order valence-corrected chi connectivity index (χ4v) is 1.26. The van der Waals surface area contributed by atoms with Crippen molar-refractivity contribution in [1.82, 2.24) is 0 Å². The number of carboxylic acids is 1. The Morgan fingerprint density at radius 1 is 1.44 bits per heavy atom. The van der Waals surface area contributed by atoms with Gasteiger partial charge in [-0.2, -0.15) is 8.78 Å². The lowest BCUT2D eigenvalue weighted by molar-refractivity contribution is -0.131. The van der Waals surface area contributed by atoms with E-state index in [4.69, 9.17) is 9.84 Å². The first kappa shape index (κ1) is 14.0. The van der Waals surface area contributed by atoms with E-state index in [-0.39, 0.29) is 18.1 Å². The molecule has 98 valence electrons. The molecule has 1 rings (SSSR count). The van der Waals surface area contributed by atoms with Gasteiger partial charge in [-0.3, -0.25) is 0 Å². The third kappa shape index (κ3) is 4.40.